The van der Waals surface area contributed by atoms with Gasteiger partial charge in [-0.25, -0.2) is 10.1 Å². The summed E-state index contributed by atoms with van der Waals surface area (Å²) >= 11 is 0. The van der Waals surface area contributed by atoms with E-state index in [0.29, 0.717) is 48.7 Å². The maximum Gasteiger partial charge on any atom is 0.423 e. The molecular formula is C24H23F3N8O3. The van der Waals surface area contributed by atoms with Crippen LogP contribution < -0.4 is 25.8 Å². The Balaban J connectivity index is 1.32. The molecule has 3 aromatic rings. The van der Waals surface area contributed by atoms with E-state index in [9.17, 15) is 22.8 Å². The Labute approximate surface area is 214 Å². The third kappa shape index (κ3) is 6.55. The molecule has 0 saturated carbocycles. The third-order valence-electron chi connectivity index (χ3n) is 5.80. The largest absolute Gasteiger partial charge is 0.490 e. The zero-order chi connectivity index (χ0) is 27.1. The van der Waals surface area contributed by atoms with Crippen molar-refractivity contribution in [3.8, 4) is 11.8 Å². The van der Waals surface area contributed by atoms with E-state index in [0.717, 1.165) is 6.20 Å². The number of nitrogens with one attached hydrogen (secondary N) is 3. The fourth-order valence-electron chi connectivity index (χ4n) is 4.06. The van der Waals surface area contributed by atoms with Crippen LogP contribution in [0.25, 0.3) is 0 Å². The SMILES string of the molecule is N#Cc1ccc(NCCC(=O)Nc2cncc(OCC3CCCN3c3cn[nH]c(=O)c3C(F)(F)F)c2)nc1. The molecule has 1 fully saturated rings. The summed E-state index contributed by atoms with van der Waals surface area (Å²) in [6.07, 6.45) is 1.80. The number of H-pyrrole nitrogens is 1. The predicted molar refractivity (Wildman–Crippen MR) is 131 cm³/mol. The van der Waals surface area contributed by atoms with Crippen LogP contribution in [0.15, 0.2) is 47.8 Å². The molecule has 1 atom stereocenters. The lowest BCUT2D eigenvalue weighted by Gasteiger charge is -2.28. The molecule has 14 heteroatoms. The van der Waals surface area contributed by atoms with Crippen molar-refractivity contribution < 1.29 is 22.7 Å². The van der Waals surface area contributed by atoms with Crippen LogP contribution in [0.1, 0.15) is 30.4 Å². The Hall–Kier alpha value is -4.67. The molecule has 0 spiro atoms. The molecule has 38 heavy (non-hydrogen) atoms. The summed E-state index contributed by atoms with van der Waals surface area (Å²) in [6.45, 7) is 0.677. The van der Waals surface area contributed by atoms with Crippen LogP contribution in [0.4, 0.5) is 30.4 Å². The number of nitrogens with zero attached hydrogens (tertiary/aromatic N) is 5. The molecule has 4 rings (SSSR count). The lowest BCUT2D eigenvalue weighted by Crippen LogP contribution is -2.37. The second-order valence-electron chi connectivity index (χ2n) is 8.44. The third-order valence-corrected chi connectivity index (χ3v) is 5.80. The molecule has 11 nitrogen and oxygen atoms in total. The zero-order valence-electron chi connectivity index (χ0n) is 20.0. The van der Waals surface area contributed by atoms with Crippen molar-refractivity contribution in [2.45, 2.75) is 31.5 Å². The highest BCUT2D eigenvalue weighted by Gasteiger charge is 2.40. The Bertz CT molecular complexity index is 1370. The number of pyridine rings is 2. The smallest absolute Gasteiger partial charge is 0.423 e. The van der Waals surface area contributed by atoms with E-state index in [-0.39, 0.29) is 24.6 Å². The van der Waals surface area contributed by atoms with Crippen molar-refractivity contribution in [3.63, 3.8) is 0 Å². The van der Waals surface area contributed by atoms with E-state index >= 15 is 0 Å². The van der Waals surface area contributed by atoms with Crippen LogP contribution in [0.3, 0.4) is 0 Å². The average molecular weight is 528 g/mol. The molecule has 3 N–H and O–H groups in total. The number of carbonyl (C=O) groups excluding carboxylic acids is 1. The van der Waals surface area contributed by atoms with Crippen molar-refractivity contribution in [2.75, 3.05) is 35.2 Å². The molecule has 3 aromatic heterocycles. The second kappa shape index (κ2) is 11.6. The maximum atomic E-state index is 13.5. The van der Waals surface area contributed by atoms with Gasteiger partial charge in [0, 0.05) is 31.8 Å². The summed E-state index contributed by atoms with van der Waals surface area (Å²) in [7, 11) is 0. The van der Waals surface area contributed by atoms with E-state index in [1.54, 1.807) is 18.2 Å². The molecule has 0 radical (unpaired) electrons. The van der Waals surface area contributed by atoms with Gasteiger partial charge in [0.25, 0.3) is 5.56 Å². The van der Waals surface area contributed by atoms with Crippen LogP contribution in [-0.2, 0) is 11.0 Å². The van der Waals surface area contributed by atoms with Gasteiger partial charge in [0.05, 0.1) is 41.6 Å². The summed E-state index contributed by atoms with van der Waals surface area (Å²) in [5.41, 5.74) is -2.03. The minimum Gasteiger partial charge on any atom is -0.490 e. The number of hydrogen-bond donors (Lipinski definition) is 3. The van der Waals surface area contributed by atoms with Gasteiger partial charge in [-0.3, -0.25) is 14.6 Å². The average Bonchev–Trinajstić information content (AvgIpc) is 3.36. The molecular weight excluding hydrogens is 505 g/mol. The number of rotatable bonds is 9. The van der Waals surface area contributed by atoms with Gasteiger partial charge >= 0.3 is 6.18 Å². The number of hydrogen-bond acceptors (Lipinski definition) is 9. The van der Waals surface area contributed by atoms with Gasteiger partial charge in [-0.2, -0.15) is 23.5 Å². The number of alkyl halides is 3. The Morgan fingerprint density at radius 1 is 1.26 bits per heavy atom. The van der Waals surface area contributed by atoms with Crippen LogP contribution in [0.5, 0.6) is 5.75 Å². The van der Waals surface area contributed by atoms with Crippen LogP contribution in [0, 0.1) is 11.3 Å². The normalized spacial score (nSPS) is 15.1. The first-order valence-electron chi connectivity index (χ1n) is 11.6. The molecule has 1 saturated heterocycles. The molecule has 0 aliphatic carbocycles. The van der Waals surface area contributed by atoms with E-state index in [1.807, 2.05) is 11.2 Å². The predicted octanol–water partition coefficient (Wildman–Crippen LogP) is 2.94. The Morgan fingerprint density at radius 3 is 2.84 bits per heavy atom. The van der Waals surface area contributed by atoms with Gasteiger partial charge in [-0.15, -0.1) is 0 Å². The molecule has 0 aromatic carbocycles. The minimum absolute atomic E-state index is 0.0463. The van der Waals surface area contributed by atoms with Crippen molar-refractivity contribution in [1.29, 1.82) is 5.26 Å². The summed E-state index contributed by atoms with van der Waals surface area (Å²) < 4.78 is 46.3. The van der Waals surface area contributed by atoms with Gasteiger partial charge < -0.3 is 20.3 Å². The Morgan fingerprint density at radius 2 is 2.11 bits per heavy atom. The number of carbonyl (C=O) groups is 1. The Kier molecular flexibility index (Phi) is 8.05. The maximum absolute atomic E-state index is 13.5. The van der Waals surface area contributed by atoms with Crippen molar-refractivity contribution in [1.82, 2.24) is 20.2 Å². The topological polar surface area (TPSA) is 149 Å². The number of nitriles is 1. The first-order valence-corrected chi connectivity index (χ1v) is 11.6. The van der Waals surface area contributed by atoms with Gasteiger partial charge in [-0.1, -0.05) is 0 Å². The summed E-state index contributed by atoms with van der Waals surface area (Å²) in [5.74, 6) is 0.580. The van der Waals surface area contributed by atoms with Crippen LogP contribution >= 0.6 is 0 Å². The highest BCUT2D eigenvalue weighted by Crippen LogP contribution is 2.36. The van der Waals surface area contributed by atoms with Gasteiger partial charge in [0.2, 0.25) is 5.91 Å². The highest BCUT2D eigenvalue weighted by molar-refractivity contribution is 5.91. The zero-order valence-corrected chi connectivity index (χ0v) is 20.0. The molecule has 4 heterocycles. The number of ether oxygens (including phenoxy) is 1. The lowest BCUT2D eigenvalue weighted by molar-refractivity contribution is -0.138. The minimum atomic E-state index is -4.83. The lowest BCUT2D eigenvalue weighted by atomic mass is 10.2. The molecule has 0 bridgehead atoms. The molecule has 1 unspecified atom stereocenters. The van der Waals surface area contributed by atoms with Crippen molar-refractivity contribution >= 4 is 23.1 Å². The summed E-state index contributed by atoms with van der Waals surface area (Å²) in [5, 5.41) is 19.9. The monoisotopic (exact) mass is 528 g/mol. The van der Waals surface area contributed by atoms with Crippen LogP contribution in [0.2, 0.25) is 0 Å². The summed E-state index contributed by atoms with van der Waals surface area (Å²) in [4.78, 5) is 33.8. The number of halogens is 3. The quantitative estimate of drug-likeness (QED) is 0.381. The number of aromatic nitrogens is 4. The first-order chi connectivity index (χ1) is 18.2. The highest BCUT2D eigenvalue weighted by atomic mass is 19.4. The first kappa shape index (κ1) is 26.4. The van der Waals surface area contributed by atoms with E-state index in [2.05, 4.69) is 25.7 Å². The fraction of sp³-hybridized carbons (Fsp3) is 0.333. The standard InChI is InChI=1S/C24H23F3N8O3/c25-24(26,27)22-19(13-32-34-23(22)37)35-7-1-2-17(35)14-38-18-8-16(11-29-12-18)33-21(36)5-6-30-20-4-3-15(9-28)10-31-20/h3-4,8,10-13,17H,1-2,5-7,14H2,(H,30,31)(H,33,36)(H,34,37). The molecule has 1 aliphatic heterocycles. The van der Waals surface area contributed by atoms with Gasteiger partial charge in [0.15, 0.2) is 0 Å². The van der Waals surface area contributed by atoms with Gasteiger partial charge in [0.1, 0.15) is 29.8 Å². The second-order valence-corrected chi connectivity index (χ2v) is 8.44. The van der Waals surface area contributed by atoms with E-state index < -0.39 is 23.3 Å². The molecule has 1 aliphatic rings. The number of anilines is 3. The molecule has 198 valence electrons. The van der Waals surface area contributed by atoms with E-state index in [4.69, 9.17) is 10.00 Å². The molecule has 1 amide bonds. The number of amides is 1. The van der Waals surface area contributed by atoms with Crippen molar-refractivity contribution in [3.05, 3.63) is 64.5 Å². The van der Waals surface area contributed by atoms with Crippen LogP contribution in [-0.4, -0.2) is 51.8 Å². The van der Waals surface area contributed by atoms with Gasteiger partial charge in [-0.05, 0) is 25.0 Å². The van der Waals surface area contributed by atoms with E-state index in [1.165, 1.54) is 23.5 Å². The summed E-state index contributed by atoms with van der Waals surface area (Å²) in [6, 6.07) is 6.38. The fourth-order valence-corrected chi connectivity index (χ4v) is 4.06. The number of aromatic amines is 1. The van der Waals surface area contributed by atoms with Crippen molar-refractivity contribution in [2.24, 2.45) is 0 Å².